The van der Waals surface area contributed by atoms with Crippen molar-refractivity contribution in [2.24, 2.45) is 5.92 Å². The number of nitrogens with one attached hydrogen (secondary N) is 1. The van der Waals surface area contributed by atoms with Gasteiger partial charge >= 0.3 is 5.97 Å². The summed E-state index contributed by atoms with van der Waals surface area (Å²) in [5.41, 5.74) is 0.163. The Morgan fingerprint density at radius 1 is 1.33 bits per heavy atom. The van der Waals surface area contributed by atoms with Crippen molar-refractivity contribution in [1.82, 2.24) is 20.3 Å². The normalized spacial score (nSPS) is 13.4. The molecule has 0 radical (unpaired) electrons. The first-order chi connectivity index (χ1) is 11.4. The van der Waals surface area contributed by atoms with E-state index in [9.17, 15) is 19.5 Å². The number of hydrogen-bond donors (Lipinski definition) is 2. The first kappa shape index (κ1) is 17.6. The molecule has 2 rings (SSSR count). The number of fused-ring (bicyclic) bond motifs is 1. The summed E-state index contributed by atoms with van der Waals surface area (Å²) in [5, 5.41) is 19.8. The summed E-state index contributed by atoms with van der Waals surface area (Å²) in [6.45, 7) is 3.66. The molecule has 0 aliphatic carbocycles. The summed E-state index contributed by atoms with van der Waals surface area (Å²) in [6.07, 6.45) is 0.583. The number of benzene rings is 1. The van der Waals surface area contributed by atoms with Gasteiger partial charge in [0.05, 0.1) is 11.9 Å². The average molecular weight is 332 g/mol. The number of rotatable bonds is 7. The van der Waals surface area contributed by atoms with Gasteiger partial charge in [-0.25, -0.2) is 9.48 Å². The van der Waals surface area contributed by atoms with Gasteiger partial charge in [0, 0.05) is 6.42 Å². The van der Waals surface area contributed by atoms with E-state index in [1.54, 1.807) is 31.2 Å². The summed E-state index contributed by atoms with van der Waals surface area (Å²) in [6, 6.07) is 5.87. The fourth-order valence-electron chi connectivity index (χ4n) is 2.31. The quantitative estimate of drug-likeness (QED) is 0.775. The van der Waals surface area contributed by atoms with Crippen LogP contribution in [0.5, 0.6) is 0 Å². The van der Waals surface area contributed by atoms with E-state index in [1.807, 2.05) is 6.92 Å². The second kappa shape index (κ2) is 7.67. The van der Waals surface area contributed by atoms with Crippen LogP contribution in [0.3, 0.4) is 0 Å². The highest BCUT2D eigenvalue weighted by molar-refractivity contribution is 5.83. The predicted octanol–water partition coefficient (Wildman–Crippen LogP) is 0.797. The molecular weight excluding hydrogens is 312 g/mol. The van der Waals surface area contributed by atoms with Crippen molar-refractivity contribution < 1.29 is 14.7 Å². The van der Waals surface area contributed by atoms with Crippen molar-refractivity contribution >= 4 is 22.8 Å². The van der Waals surface area contributed by atoms with Crippen LogP contribution in [-0.2, 0) is 16.1 Å². The molecule has 2 atom stereocenters. The fourth-order valence-corrected chi connectivity index (χ4v) is 2.31. The van der Waals surface area contributed by atoms with Gasteiger partial charge in [-0.05, 0) is 18.1 Å². The van der Waals surface area contributed by atoms with Crippen molar-refractivity contribution in [1.29, 1.82) is 0 Å². The van der Waals surface area contributed by atoms with Gasteiger partial charge in [-0.1, -0.05) is 37.6 Å². The van der Waals surface area contributed by atoms with Gasteiger partial charge in [0.15, 0.2) is 0 Å². The molecule has 0 aliphatic heterocycles. The van der Waals surface area contributed by atoms with Gasteiger partial charge in [0.25, 0.3) is 5.56 Å². The zero-order valence-corrected chi connectivity index (χ0v) is 13.6. The number of carboxylic acid groups (broad SMARTS) is 1. The molecule has 0 saturated carbocycles. The number of aromatic nitrogens is 3. The number of carbonyl (C=O) groups excluding carboxylic acids is 1. The maximum absolute atomic E-state index is 12.3. The summed E-state index contributed by atoms with van der Waals surface area (Å²) >= 11 is 0. The maximum atomic E-state index is 12.3. The van der Waals surface area contributed by atoms with Gasteiger partial charge < -0.3 is 10.4 Å². The highest BCUT2D eigenvalue weighted by Gasteiger charge is 2.25. The van der Waals surface area contributed by atoms with Crippen LogP contribution in [0.25, 0.3) is 10.9 Å². The molecule has 0 aliphatic rings. The molecule has 2 aromatic rings. The van der Waals surface area contributed by atoms with E-state index in [0.29, 0.717) is 17.3 Å². The van der Waals surface area contributed by atoms with Crippen LogP contribution < -0.4 is 10.9 Å². The van der Waals surface area contributed by atoms with E-state index in [1.165, 1.54) is 0 Å². The van der Waals surface area contributed by atoms with Crippen LogP contribution >= 0.6 is 0 Å². The van der Waals surface area contributed by atoms with Gasteiger partial charge in [-0.15, -0.1) is 5.10 Å². The zero-order valence-electron chi connectivity index (χ0n) is 13.6. The van der Waals surface area contributed by atoms with Gasteiger partial charge in [0.2, 0.25) is 5.91 Å². The van der Waals surface area contributed by atoms with E-state index in [2.05, 4.69) is 15.6 Å². The Morgan fingerprint density at radius 3 is 2.71 bits per heavy atom. The molecule has 128 valence electrons. The molecule has 1 aromatic heterocycles. The smallest absolute Gasteiger partial charge is 0.326 e. The second-order valence-electron chi connectivity index (χ2n) is 5.65. The SMILES string of the molecule is CC[C@H](C)[C@H](NC(=O)CCn1nnc2ccccc2c1=O)C(=O)O. The monoisotopic (exact) mass is 332 g/mol. The van der Waals surface area contributed by atoms with Crippen LogP contribution in [-0.4, -0.2) is 38.0 Å². The van der Waals surface area contributed by atoms with Crippen LogP contribution in [0.2, 0.25) is 0 Å². The highest BCUT2D eigenvalue weighted by Crippen LogP contribution is 2.08. The standard InChI is InChI=1S/C16H20N4O4/c1-3-10(2)14(16(23)24)17-13(21)8-9-20-15(22)11-6-4-5-7-12(11)18-19-20/h4-7,10,14H,3,8-9H2,1-2H3,(H,17,21)(H,23,24)/t10-,14-/m0/s1. The lowest BCUT2D eigenvalue weighted by molar-refractivity contribution is -0.143. The van der Waals surface area contributed by atoms with Crippen LogP contribution in [0, 0.1) is 5.92 Å². The minimum absolute atomic E-state index is 0.0370. The van der Waals surface area contributed by atoms with E-state index in [0.717, 1.165) is 4.68 Å². The molecular formula is C16H20N4O4. The van der Waals surface area contributed by atoms with Crippen molar-refractivity contribution in [2.75, 3.05) is 0 Å². The largest absolute Gasteiger partial charge is 0.480 e. The molecule has 0 fully saturated rings. The van der Waals surface area contributed by atoms with E-state index in [4.69, 9.17) is 0 Å². The topological polar surface area (TPSA) is 114 Å². The minimum Gasteiger partial charge on any atom is -0.480 e. The Kier molecular flexibility index (Phi) is 5.62. The summed E-state index contributed by atoms with van der Waals surface area (Å²) < 4.78 is 1.11. The molecule has 8 heteroatoms. The van der Waals surface area contributed by atoms with Crippen LogP contribution in [0.1, 0.15) is 26.7 Å². The lowest BCUT2D eigenvalue weighted by Gasteiger charge is -2.20. The van der Waals surface area contributed by atoms with Crippen molar-refractivity contribution in [3.05, 3.63) is 34.6 Å². The Balaban J connectivity index is 2.05. The maximum Gasteiger partial charge on any atom is 0.326 e. The van der Waals surface area contributed by atoms with E-state index >= 15 is 0 Å². The molecule has 1 heterocycles. The number of carboxylic acids is 1. The predicted molar refractivity (Wildman–Crippen MR) is 87.4 cm³/mol. The summed E-state index contributed by atoms with van der Waals surface area (Å²) in [5.74, 6) is -1.69. The Labute approximate surface area is 138 Å². The van der Waals surface area contributed by atoms with E-state index in [-0.39, 0.29) is 24.4 Å². The second-order valence-corrected chi connectivity index (χ2v) is 5.65. The molecule has 24 heavy (non-hydrogen) atoms. The lowest BCUT2D eigenvalue weighted by Crippen LogP contribution is -2.45. The first-order valence-corrected chi connectivity index (χ1v) is 7.78. The fraction of sp³-hybridized carbons (Fsp3) is 0.438. The lowest BCUT2D eigenvalue weighted by atomic mass is 9.99. The Hall–Kier alpha value is -2.77. The molecule has 0 bridgehead atoms. The number of aliphatic carboxylic acids is 1. The third kappa shape index (κ3) is 3.95. The molecule has 1 aromatic carbocycles. The van der Waals surface area contributed by atoms with Gasteiger partial charge in [-0.3, -0.25) is 9.59 Å². The van der Waals surface area contributed by atoms with Gasteiger partial charge in [-0.2, -0.15) is 0 Å². The number of hydrogen-bond acceptors (Lipinski definition) is 5. The molecule has 0 saturated heterocycles. The molecule has 8 nitrogen and oxygen atoms in total. The number of aryl methyl sites for hydroxylation is 1. The third-order valence-corrected chi connectivity index (χ3v) is 3.98. The first-order valence-electron chi connectivity index (χ1n) is 7.78. The average Bonchev–Trinajstić information content (AvgIpc) is 2.58. The summed E-state index contributed by atoms with van der Waals surface area (Å²) in [4.78, 5) is 35.5. The Bertz CT molecular complexity index is 802. The Morgan fingerprint density at radius 2 is 2.04 bits per heavy atom. The molecule has 2 N–H and O–H groups in total. The van der Waals surface area contributed by atoms with Crippen molar-refractivity contribution in [3.63, 3.8) is 0 Å². The van der Waals surface area contributed by atoms with Gasteiger partial charge in [0.1, 0.15) is 11.6 Å². The van der Waals surface area contributed by atoms with Crippen LogP contribution in [0.4, 0.5) is 0 Å². The van der Waals surface area contributed by atoms with Crippen molar-refractivity contribution in [3.8, 4) is 0 Å². The zero-order chi connectivity index (χ0) is 17.7. The third-order valence-electron chi connectivity index (χ3n) is 3.98. The number of nitrogens with zero attached hydrogens (tertiary/aromatic N) is 3. The van der Waals surface area contributed by atoms with Crippen LogP contribution in [0.15, 0.2) is 29.1 Å². The minimum atomic E-state index is -1.07. The highest BCUT2D eigenvalue weighted by atomic mass is 16.4. The number of carbonyl (C=O) groups is 2. The molecule has 0 unspecified atom stereocenters. The van der Waals surface area contributed by atoms with E-state index < -0.39 is 17.9 Å². The summed E-state index contributed by atoms with van der Waals surface area (Å²) in [7, 11) is 0. The van der Waals surface area contributed by atoms with Crippen molar-refractivity contribution in [2.45, 2.75) is 39.3 Å². The molecule has 0 spiro atoms. The molecule has 1 amide bonds. The number of amides is 1.